The van der Waals surface area contributed by atoms with Crippen molar-refractivity contribution in [2.75, 3.05) is 19.0 Å². The number of methoxy groups -OCH3 is 1. The van der Waals surface area contributed by atoms with Gasteiger partial charge >= 0.3 is 0 Å². The molecule has 0 fully saturated rings. The summed E-state index contributed by atoms with van der Waals surface area (Å²) in [6.45, 7) is 1.93. The van der Waals surface area contributed by atoms with Gasteiger partial charge in [0.25, 0.3) is 5.91 Å². The Kier molecular flexibility index (Phi) is 4.44. The second kappa shape index (κ2) is 6.27. The predicted molar refractivity (Wildman–Crippen MR) is 75.0 cm³/mol. The SMILES string of the molecule is COC(CN)C(=O)Nc1ccccc1-c1n[nH]c(C)n1. The summed E-state index contributed by atoms with van der Waals surface area (Å²) in [5, 5.41) is 9.65. The lowest BCUT2D eigenvalue weighted by Gasteiger charge is -2.14. The standard InChI is InChI=1S/C13H17N5O2/c1-8-15-12(18-17-8)9-5-3-4-6-10(9)16-13(19)11(7-14)20-2/h3-6,11H,7,14H2,1-2H3,(H,16,19)(H,15,17,18). The summed E-state index contributed by atoms with van der Waals surface area (Å²) in [6.07, 6.45) is -0.683. The number of rotatable bonds is 5. The van der Waals surface area contributed by atoms with Gasteiger partial charge in [-0.05, 0) is 19.1 Å². The van der Waals surface area contributed by atoms with Crippen LogP contribution in [0.15, 0.2) is 24.3 Å². The van der Waals surface area contributed by atoms with Gasteiger partial charge in [-0.1, -0.05) is 12.1 Å². The molecule has 0 aliphatic rings. The maximum absolute atomic E-state index is 12.0. The van der Waals surface area contributed by atoms with Gasteiger partial charge in [-0.3, -0.25) is 9.89 Å². The number of benzene rings is 1. The van der Waals surface area contributed by atoms with E-state index in [0.29, 0.717) is 17.3 Å². The number of H-pyrrole nitrogens is 1. The zero-order valence-electron chi connectivity index (χ0n) is 11.4. The minimum absolute atomic E-state index is 0.115. The molecule has 1 amide bonds. The number of aromatic nitrogens is 3. The molecule has 7 nitrogen and oxygen atoms in total. The normalized spacial score (nSPS) is 12.2. The zero-order valence-corrected chi connectivity index (χ0v) is 11.4. The molecule has 1 atom stereocenters. The Morgan fingerprint density at radius 1 is 1.50 bits per heavy atom. The summed E-state index contributed by atoms with van der Waals surface area (Å²) in [6, 6.07) is 7.29. The first-order valence-corrected chi connectivity index (χ1v) is 6.18. The minimum Gasteiger partial charge on any atom is -0.370 e. The smallest absolute Gasteiger partial charge is 0.254 e. The first-order chi connectivity index (χ1) is 9.65. The highest BCUT2D eigenvalue weighted by Gasteiger charge is 2.18. The summed E-state index contributed by atoms with van der Waals surface area (Å²) in [5.74, 6) is 0.938. The van der Waals surface area contributed by atoms with Crippen molar-refractivity contribution in [2.24, 2.45) is 5.73 Å². The van der Waals surface area contributed by atoms with E-state index >= 15 is 0 Å². The Bertz CT molecular complexity index is 592. The molecule has 2 rings (SSSR count). The first-order valence-electron chi connectivity index (χ1n) is 6.18. The fourth-order valence-corrected chi connectivity index (χ4v) is 1.77. The molecule has 1 aromatic heterocycles. The topological polar surface area (TPSA) is 106 Å². The average molecular weight is 275 g/mol. The molecule has 1 aromatic carbocycles. The van der Waals surface area contributed by atoms with E-state index in [-0.39, 0.29) is 12.5 Å². The van der Waals surface area contributed by atoms with Crippen molar-refractivity contribution >= 4 is 11.6 Å². The van der Waals surface area contributed by atoms with Crippen molar-refractivity contribution in [3.8, 4) is 11.4 Å². The van der Waals surface area contributed by atoms with Crippen molar-refractivity contribution in [1.82, 2.24) is 15.2 Å². The van der Waals surface area contributed by atoms with Crippen LogP contribution in [0.5, 0.6) is 0 Å². The van der Waals surface area contributed by atoms with Crippen LogP contribution in [0.1, 0.15) is 5.82 Å². The van der Waals surface area contributed by atoms with Gasteiger partial charge < -0.3 is 15.8 Å². The Morgan fingerprint density at radius 3 is 2.85 bits per heavy atom. The van der Waals surface area contributed by atoms with E-state index in [4.69, 9.17) is 10.5 Å². The van der Waals surface area contributed by atoms with Crippen molar-refractivity contribution < 1.29 is 9.53 Å². The molecule has 0 radical (unpaired) electrons. The highest BCUT2D eigenvalue weighted by Crippen LogP contribution is 2.24. The van der Waals surface area contributed by atoms with Gasteiger partial charge in [0.2, 0.25) is 0 Å². The van der Waals surface area contributed by atoms with Crippen LogP contribution in [0.25, 0.3) is 11.4 Å². The van der Waals surface area contributed by atoms with Gasteiger partial charge in [0.15, 0.2) is 5.82 Å². The van der Waals surface area contributed by atoms with Crippen molar-refractivity contribution in [1.29, 1.82) is 0 Å². The number of carbonyl (C=O) groups is 1. The molecule has 0 spiro atoms. The van der Waals surface area contributed by atoms with Gasteiger partial charge in [0, 0.05) is 19.2 Å². The maximum atomic E-state index is 12.0. The quantitative estimate of drug-likeness (QED) is 0.744. The number of ether oxygens (including phenoxy) is 1. The fraction of sp³-hybridized carbons (Fsp3) is 0.308. The first kappa shape index (κ1) is 14.2. The number of hydrogen-bond acceptors (Lipinski definition) is 5. The summed E-state index contributed by atoms with van der Waals surface area (Å²) in [4.78, 5) is 16.3. The van der Waals surface area contributed by atoms with Crippen LogP contribution in [-0.4, -0.2) is 40.8 Å². The van der Waals surface area contributed by atoms with Gasteiger partial charge in [0.1, 0.15) is 11.9 Å². The lowest BCUT2D eigenvalue weighted by molar-refractivity contribution is -0.125. The van der Waals surface area contributed by atoms with Crippen molar-refractivity contribution in [3.05, 3.63) is 30.1 Å². The highest BCUT2D eigenvalue weighted by molar-refractivity contribution is 5.97. The third kappa shape index (κ3) is 3.01. The number of aromatic amines is 1. The number of amides is 1. The average Bonchev–Trinajstić information content (AvgIpc) is 2.87. The van der Waals surface area contributed by atoms with Crippen LogP contribution in [0.2, 0.25) is 0 Å². The molecule has 0 saturated heterocycles. The van der Waals surface area contributed by atoms with Crippen LogP contribution in [0.4, 0.5) is 5.69 Å². The number of nitrogens with two attached hydrogens (primary N) is 1. The molecule has 20 heavy (non-hydrogen) atoms. The van der Waals surface area contributed by atoms with Crippen LogP contribution >= 0.6 is 0 Å². The molecular formula is C13H17N5O2. The van der Waals surface area contributed by atoms with Crippen LogP contribution in [0.3, 0.4) is 0 Å². The number of hydrogen-bond donors (Lipinski definition) is 3. The number of nitrogens with zero attached hydrogens (tertiary/aromatic N) is 2. The van der Waals surface area contributed by atoms with E-state index < -0.39 is 6.10 Å². The molecule has 0 bridgehead atoms. The molecule has 2 aromatic rings. The van der Waals surface area contributed by atoms with E-state index in [0.717, 1.165) is 5.56 Å². The lowest BCUT2D eigenvalue weighted by Crippen LogP contribution is -2.36. The molecular weight excluding hydrogens is 258 g/mol. The fourth-order valence-electron chi connectivity index (χ4n) is 1.77. The zero-order chi connectivity index (χ0) is 14.5. The Labute approximate surface area is 116 Å². The molecule has 1 heterocycles. The summed E-state index contributed by atoms with van der Waals surface area (Å²) >= 11 is 0. The minimum atomic E-state index is -0.683. The monoisotopic (exact) mass is 275 g/mol. The largest absolute Gasteiger partial charge is 0.370 e. The summed E-state index contributed by atoms with van der Waals surface area (Å²) < 4.78 is 5.01. The summed E-state index contributed by atoms with van der Waals surface area (Å²) in [5.41, 5.74) is 6.83. The lowest BCUT2D eigenvalue weighted by atomic mass is 10.1. The highest BCUT2D eigenvalue weighted by atomic mass is 16.5. The van der Waals surface area contributed by atoms with Crippen LogP contribution in [0, 0.1) is 6.92 Å². The number of aryl methyl sites for hydroxylation is 1. The van der Waals surface area contributed by atoms with E-state index in [1.807, 2.05) is 25.1 Å². The van der Waals surface area contributed by atoms with Gasteiger partial charge in [0.05, 0.1) is 5.69 Å². The van der Waals surface area contributed by atoms with Crippen molar-refractivity contribution in [2.45, 2.75) is 13.0 Å². The van der Waals surface area contributed by atoms with E-state index in [1.165, 1.54) is 7.11 Å². The molecule has 4 N–H and O–H groups in total. The van der Waals surface area contributed by atoms with Crippen LogP contribution < -0.4 is 11.1 Å². The number of anilines is 1. The second-order valence-electron chi connectivity index (χ2n) is 4.24. The van der Waals surface area contributed by atoms with Crippen molar-refractivity contribution in [3.63, 3.8) is 0 Å². The molecule has 7 heteroatoms. The molecule has 0 saturated carbocycles. The Hall–Kier alpha value is -2.25. The van der Waals surface area contributed by atoms with Gasteiger partial charge in [-0.2, -0.15) is 5.10 Å². The number of carbonyl (C=O) groups excluding carboxylic acids is 1. The molecule has 0 aliphatic heterocycles. The second-order valence-corrected chi connectivity index (χ2v) is 4.24. The third-order valence-corrected chi connectivity index (χ3v) is 2.81. The van der Waals surface area contributed by atoms with Gasteiger partial charge in [-0.15, -0.1) is 0 Å². The van der Waals surface area contributed by atoms with Gasteiger partial charge in [-0.25, -0.2) is 4.98 Å². The number of para-hydroxylation sites is 1. The molecule has 0 aliphatic carbocycles. The molecule has 106 valence electrons. The predicted octanol–water partition coefficient (Wildman–Crippen LogP) is 0.692. The van der Waals surface area contributed by atoms with E-state index in [1.54, 1.807) is 6.07 Å². The number of nitrogens with one attached hydrogen (secondary N) is 2. The Balaban J connectivity index is 2.27. The maximum Gasteiger partial charge on any atom is 0.254 e. The van der Waals surface area contributed by atoms with E-state index in [2.05, 4.69) is 20.5 Å². The van der Waals surface area contributed by atoms with E-state index in [9.17, 15) is 4.79 Å². The molecule has 1 unspecified atom stereocenters. The summed E-state index contributed by atoms with van der Waals surface area (Å²) in [7, 11) is 1.45. The van der Waals surface area contributed by atoms with Crippen LogP contribution in [-0.2, 0) is 9.53 Å². The Morgan fingerprint density at radius 2 is 2.25 bits per heavy atom. The third-order valence-electron chi connectivity index (χ3n) is 2.81.